The van der Waals surface area contributed by atoms with Crippen molar-refractivity contribution in [3.63, 3.8) is 0 Å². The number of hydrogen-bond donors (Lipinski definition) is 1. The third-order valence-electron chi connectivity index (χ3n) is 7.75. The maximum Gasteiger partial charge on any atom is 0.166 e. The highest BCUT2D eigenvalue weighted by atomic mass is 35.5. The summed E-state index contributed by atoms with van der Waals surface area (Å²) in [6.07, 6.45) is 7.00. The van der Waals surface area contributed by atoms with Crippen LogP contribution in [0, 0.1) is 11.7 Å². The monoisotopic (exact) mass is 554 g/mol. The average molecular weight is 555 g/mol. The van der Waals surface area contributed by atoms with Crippen molar-refractivity contribution in [2.24, 2.45) is 5.92 Å². The number of anilines is 1. The van der Waals surface area contributed by atoms with Crippen LogP contribution >= 0.6 is 23.2 Å². The summed E-state index contributed by atoms with van der Waals surface area (Å²) in [6.45, 7) is 6.74. The van der Waals surface area contributed by atoms with E-state index in [1.54, 1.807) is 6.20 Å². The van der Waals surface area contributed by atoms with E-state index in [-0.39, 0.29) is 11.4 Å². The summed E-state index contributed by atoms with van der Waals surface area (Å²) >= 11 is 12.6. The fourth-order valence-electron chi connectivity index (χ4n) is 5.23. The second kappa shape index (κ2) is 9.67. The molecule has 38 heavy (non-hydrogen) atoms. The largest absolute Gasteiger partial charge is 0.486 e. The van der Waals surface area contributed by atoms with Gasteiger partial charge in [-0.15, -0.1) is 0 Å². The zero-order valence-electron chi connectivity index (χ0n) is 21.5. The molecule has 0 amide bonds. The zero-order chi connectivity index (χ0) is 26.6. The van der Waals surface area contributed by atoms with Crippen molar-refractivity contribution in [1.29, 1.82) is 0 Å². The first-order valence-corrected chi connectivity index (χ1v) is 13.5. The third-order valence-corrected chi connectivity index (χ3v) is 8.35. The van der Waals surface area contributed by atoms with Crippen LogP contribution in [0.3, 0.4) is 0 Å². The minimum atomic E-state index is -0.408. The molecule has 1 aliphatic heterocycles. The van der Waals surface area contributed by atoms with Gasteiger partial charge in [-0.25, -0.2) is 9.37 Å². The number of likely N-dealkylation sites (N-methyl/N-ethyl adjacent to an activating group) is 1. The van der Waals surface area contributed by atoms with Gasteiger partial charge in [0.2, 0.25) is 0 Å². The summed E-state index contributed by atoms with van der Waals surface area (Å²) in [4.78, 5) is 12.9. The van der Waals surface area contributed by atoms with Gasteiger partial charge in [0.25, 0.3) is 0 Å². The number of ether oxygens (including phenoxy) is 1. The Hall–Kier alpha value is -2.94. The number of nitrogens with one attached hydrogen (secondary N) is 1. The Kier molecular flexibility index (Phi) is 6.45. The molecule has 198 valence electrons. The van der Waals surface area contributed by atoms with Crippen LogP contribution in [0.4, 0.5) is 10.2 Å². The van der Waals surface area contributed by atoms with Crippen molar-refractivity contribution in [2.75, 3.05) is 31.6 Å². The number of aromatic amines is 1. The predicted molar refractivity (Wildman–Crippen MR) is 149 cm³/mol. The van der Waals surface area contributed by atoms with E-state index in [1.807, 2.05) is 30.0 Å². The number of halogens is 3. The van der Waals surface area contributed by atoms with E-state index >= 15 is 4.39 Å². The molecule has 1 N–H and O–H groups in total. The number of pyridine rings is 2. The van der Waals surface area contributed by atoms with E-state index in [0.29, 0.717) is 38.4 Å². The summed E-state index contributed by atoms with van der Waals surface area (Å²) in [6, 6.07) is 7.10. The van der Waals surface area contributed by atoms with Crippen molar-refractivity contribution in [3.8, 4) is 17.0 Å². The molecule has 0 radical (unpaired) electrons. The molecule has 1 aliphatic carbocycles. The maximum absolute atomic E-state index is 15.3. The van der Waals surface area contributed by atoms with Gasteiger partial charge >= 0.3 is 0 Å². The molecule has 7 nitrogen and oxygen atoms in total. The first-order chi connectivity index (χ1) is 18.2. The van der Waals surface area contributed by atoms with Crippen molar-refractivity contribution >= 4 is 39.9 Å². The number of fused-ring (bicyclic) bond motifs is 1. The number of rotatable bonds is 8. The summed E-state index contributed by atoms with van der Waals surface area (Å²) in [5.74, 6) is 1.46. The van der Waals surface area contributed by atoms with Gasteiger partial charge in [-0.1, -0.05) is 23.2 Å². The van der Waals surface area contributed by atoms with Gasteiger partial charge in [-0.3, -0.25) is 15.0 Å². The number of nitrogens with zero attached hydrogens (tertiary/aromatic N) is 5. The van der Waals surface area contributed by atoms with Crippen molar-refractivity contribution in [3.05, 3.63) is 64.3 Å². The lowest BCUT2D eigenvalue weighted by Crippen LogP contribution is -2.68. The molecule has 2 fully saturated rings. The highest BCUT2D eigenvalue weighted by Gasteiger charge is 2.44. The zero-order valence-corrected chi connectivity index (χ0v) is 23.0. The van der Waals surface area contributed by atoms with Crippen LogP contribution < -0.4 is 9.64 Å². The Morgan fingerprint density at radius 2 is 1.92 bits per heavy atom. The number of benzene rings is 1. The van der Waals surface area contributed by atoms with Gasteiger partial charge in [0.15, 0.2) is 11.6 Å². The smallest absolute Gasteiger partial charge is 0.166 e. The maximum atomic E-state index is 15.3. The molecule has 3 aromatic heterocycles. The number of aromatic nitrogens is 4. The predicted octanol–water partition coefficient (Wildman–Crippen LogP) is 6.53. The van der Waals surface area contributed by atoms with Gasteiger partial charge in [0.05, 0.1) is 21.1 Å². The Bertz CT molecular complexity index is 1480. The van der Waals surface area contributed by atoms with Gasteiger partial charge in [0, 0.05) is 54.7 Å². The average Bonchev–Trinajstić information content (AvgIpc) is 3.57. The van der Waals surface area contributed by atoms with Crippen LogP contribution in [0.2, 0.25) is 10.0 Å². The van der Waals surface area contributed by atoms with Crippen LogP contribution in [0.15, 0.2) is 42.9 Å². The second-order valence-electron chi connectivity index (χ2n) is 10.8. The molecule has 10 heteroatoms. The van der Waals surface area contributed by atoms with Gasteiger partial charge in [-0.05, 0) is 63.9 Å². The van der Waals surface area contributed by atoms with Crippen LogP contribution in [-0.2, 0) is 0 Å². The Morgan fingerprint density at radius 3 is 2.61 bits per heavy atom. The standard InChI is InChI=1S/C28H29Cl2FN6O/c1-16(25-21(29)11-32-12-22(25)30)38-19-6-7-24-20(9-19)26(35-34-24)18-8-23(31)27(33-10-18)37-14-28(2,15-37)36(3)13-17-4-5-17/h6-12,16-17H,4-5,13-15H2,1-3H3,(H,34,35)/t16-/m1/s1. The molecule has 1 atom stereocenters. The SMILES string of the molecule is C[C@@H](Oc1ccc2[nH]nc(-c3cnc(N4CC(C)(N(C)CC5CC5)C4)c(F)c3)c2c1)c1c(Cl)cncc1Cl. The van der Waals surface area contributed by atoms with Crippen LogP contribution in [0.1, 0.15) is 38.4 Å². The lowest BCUT2D eigenvalue weighted by molar-refractivity contribution is 0.0972. The molecule has 1 saturated heterocycles. The van der Waals surface area contributed by atoms with Crippen LogP contribution in [-0.4, -0.2) is 57.3 Å². The second-order valence-corrected chi connectivity index (χ2v) is 11.6. The Morgan fingerprint density at radius 1 is 1.18 bits per heavy atom. The summed E-state index contributed by atoms with van der Waals surface area (Å²) in [5.41, 5.74) is 2.72. The van der Waals surface area contributed by atoms with E-state index in [1.165, 1.54) is 31.3 Å². The minimum Gasteiger partial charge on any atom is -0.486 e. The molecule has 2 aliphatic rings. The Labute approximate surface area is 230 Å². The minimum absolute atomic E-state index is 0.0477. The molecule has 1 aromatic carbocycles. The van der Waals surface area contributed by atoms with Crippen LogP contribution in [0.25, 0.3) is 22.2 Å². The van der Waals surface area contributed by atoms with E-state index < -0.39 is 6.10 Å². The normalized spacial score (nSPS) is 17.6. The van der Waals surface area contributed by atoms with E-state index in [0.717, 1.165) is 36.5 Å². The molecular formula is C28H29Cl2FN6O. The van der Waals surface area contributed by atoms with E-state index in [9.17, 15) is 0 Å². The van der Waals surface area contributed by atoms with Crippen molar-refractivity contribution in [1.82, 2.24) is 25.1 Å². The lowest BCUT2D eigenvalue weighted by atomic mass is 9.90. The van der Waals surface area contributed by atoms with Crippen molar-refractivity contribution in [2.45, 2.75) is 38.3 Å². The fourth-order valence-corrected chi connectivity index (χ4v) is 5.90. The Balaban J connectivity index is 1.21. The molecule has 4 heterocycles. The first-order valence-electron chi connectivity index (χ1n) is 12.8. The van der Waals surface area contributed by atoms with Gasteiger partial charge < -0.3 is 9.64 Å². The van der Waals surface area contributed by atoms with Gasteiger partial charge in [-0.2, -0.15) is 5.10 Å². The number of H-pyrrole nitrogens is 1. The topological polar surface area (TPSA) is 70.2 Å². The molecule has 1 saturated carbocycles. The molecule has 0 bridgehead atoms. The van der Waals surface area contributed by atoms with Crippen molar-refractivity contribution < 1.29 is 9.13 Å². The lowest BCUT2D eigenvalue weighted by Gasteiger charge is -2.53. The molecule has 6 rings (SSSR count). The third kappa shape index (κ3) is 4.70. The summed E-state index contributed by atoms with van der Waals surface area (Å²) in [5, 5.41) is 9.14. The van der Waals surface area contributed by atoms with Crippen LogP contribution in [0.5, 0.6) is 5.75 Å². The molecule has 0 spiro atoms. The molecule has 0 unspecified atom stereocenters. The highest BCUT2D eigenvalue weighted by Crippen LogP contribution is 2.38. The summed E-state index contributed by atoms with van der Waals surface area (Å²) in [7, 11) is 2.17. The first kappa shape index (κ1) is 25.3. The number of hydrogen-bond acceptors (Lipinski definition) is 6. The summed E-state index contributed by atoms with van der Waals surface area (Å²) < 4.78 is 21.4. The highest BCUT2D eigenvalue weighted by molar-refractivity contribution is 6.35. The van der Waals surface area contributed by atoms with Gasteiger partial charge in [0.1, 0.15) is 17.5 Å². The molecular weight excluding hydrogens is 526 g/mol. The molecule has 4 aromatic rings. The fraction of sp³-hybridized carbons (Fsp3) is 0.393. The quantitative estimate of drug-likeness (QED) is 0.267. The van der Waals surface area contributed by atoms with E-state index in [4.69, 9.17) is 27.9 Å². The van der Waals surface area contributed by atoms with E-state index in [2.05, 4.69) is 39.0 Å².